The number of nitrogens with zero attached hydrogens (tertiary/aromatic N) is 1. The zero-order valence-electron chi connectivity index (χ0n) is 7.90. The van der Waals surface area contributed by atoms with E-state index in [1.807, 2.05) is 19.1 Å². The van der Waals surface area contributed by atoms with E-state index >= 15 is 0 Å². The highest BCUT2D eigenvalue weighted by atomic mass is 16.3. The summed E-state index contributed by atoms with van der Waals surface area (Å²) in [5, 5.41) is 9.66. The van der Waals surface area contributed by atoms with Gasteiger partial charge in [0.1, 0.15) is 0 Å². The molecule has 0 saturated heterocycles. The van der Waals surface area contributed by atoms with Crippen LogP contribution in [0.15, 0.2) is 18.3 Å². The van der Waals surface area contributed by atoms with Crippen LogP contribution in [-0.2, 0) is 0 Å². The second-order valence-electron chi connectivity index (χ2n) is 3.20. The Bertz CT molecular complexity index is 263. The predicted octanol–water partition coefficient (Wildman–Crippen LogP) is 1.16. The molecule has 1 atom stereocenters. The van der Waals surface area contributed by atoms with Gasteiger partial charge in [-0.3, -0.25) is 4.98 Å². The van der Waals surface area contributed by atoms with Crippen LogP contribution in [0.2, 0.25) is 0 Å². The van der Waals surface area contributed by atoms with E-state index in [1.165, 1.54) is 0 Å². The second kappa shape index (κ2) is 4.94. The molecule has 1 heterocycles. The average Bonchev–Trinajstić information content (AvgIpc) is 2.14. The van der Waals surface area contributed by atoms with Gasteiger partial charge in [0.15, 0.2) is 0 Å². The topological polar surface area (TPSA) is 59.1 Å². The number of hydrogen-bond acceptors (Lipinski definition) is 3. The van der Waals surface area contributed by atoms with Crippen LogP contribution < -0.4 is 5.73 Å². The number of pyridine rings is 1. The molecule has 1 unspecified atom stereocenters. The van der Waals surface area contributed by atoms with E-state index in [0.29, 0.717) is 13.0 Å². The summed E-state index contributed by atoms with van der Waals surface area (Å²) >= 11 is 0. The first-order chi connectivity index (χ1) is 6.24. The molecule has 0 aliphatic carbocycles. The minimum absolute atomic E-state index is 0.469. The van der Waals surface area contributed by atoms with Crippen molar-refractivity contribution in [1.29, 1.82) is 0 Å². The van der Waals surface area contributed by atoms with Crippen LogP contribution in [0.25, 0.3) is 0 Å². The van der Waals surface area contributed by atoms with Crippen molar-refractivity contribution in [3.05, 3.63) is 29.6 Å². The minimum Gasteiger partial charge on any atom is -0.387 e. The zero-order valence-corrected chi connectivity index (χ0v) is 7.90. The molecule has 1 rings (SSSR count). The average molecular weight is 180 g/mol. The van der Waals surface area contributed by atoms with Gasteiger partial charge in [0.05, 0.1) is 11.8 Å². The molecule has 0 aliphatic heterocycles. The van der Waals surface area contributed by atoms with E-state index in [-0.39, 0.29) is 0 Å². The standard InChI is InChI=1S/C10H16N2O/c1-8-4-6-12-9(7-8)10(13)3-2-5-11/h4,6-7,10,13H,2-3,5,11H2,1H3. The highest BCUT2D eigenvalue weighted by Crippen LogP contribution is 2.15. The third kappa shape index (κ3) is 3.13. The summed E-state index contributed by atoms with van der Waals surface area (Å²) in [6.45, 7) is 2.60. The maximum absolute atomic E-state index is 9.66. The summed E-state index contributed by atoms with van der Waals surface area (Å²) in [6, 6.07) is 3.82. The fraction of sp³-hybridized carbons (Fsp3) is 0.500. The zero-order chi connectivity index (χ0) is 9.68. The Hall–Kier alpha value is -0.930. The van der Waals surface area contributed by atoms with Crippen molar-refractivity contribution in [2.75, 3.05) is 6.54 Å². The SMILES string of the molecule is Cc1ccnc(C(O)CCCN)c1. The molecule has 72 valence electrons. The summed E-state index contributed by atoms with van der Waals surface area (Å²) in [6.07, 6.45) is 2.77. The van der Waals surface area contributed by atoms with E-state index in [0.717, 1.165) is 17.7 Å². The summed E-state index contributed by atoms with van der Waals surface area (Å²) in [5.74, 6) is 0. The largest absolute Gasteiger partial charge is 0.387 e. The number of aliphatic hydroxyl groups is 1. The molecule has 3 nitrogen and oxygen atoms in total. The van der Waals surface area contributed by atoms with Crippen LogP contribution in [0, 0.1) is 6.92 Å². The first-order valence-corrected chi connectivity index (χ1v) is 4.54. The van der Waals surface area contributed by atoms with Crippen molar-refractivity contribution in [3.63, 3.8) is 0 Å². The van der Waals surface area contributed by atoms with Gasteiger partial charge in [0, 0.05) is 6.20 Å². The third-order valence-corrected chi connectivity index (χ3v) is 1.96. The number of nitrogens with two attached hydrogens (primary N) is 1. The number of rotatable bonds is 4. The van der Waals surface area contributed by atoms with E-state index in [1.54, 1.807) is 6.20 Å². The highest BCUT2D eigenvalue weighted by Gasteiger charge is 2.07. The lowest BCUT2D eigenvalue weighted by Gasteiger charge is -2.09. The Morgan fingerprint density at radius 3 is 3.00 bits per heavy atom. The number of hydrogen-bond donors (Lipinski definition) is 2. The number of aryl methyl sites for hydroxylation is 1. The van der Waals surface area contributed by atoms with Crippen molar-refractivity contribution in [1.82, 2.24) is 4.98 Å². The van der Waals surface area contributed by atoms with Crippen LogP contribution in [0.3, 0.4) is 0 Å². The van der Waals surface area contributed by atoms with Crippen LogP contribution >= 0.6 is 0 Å². The van der Waals surface area contributed by atoms with Crippen molar-refractivity contribution >= 4 is 0 Å². The fourth-order valence-electron chi connectivity index (χ4n) is 1.20. The minimum atomic E-state index is -0.469. The Labute approximate surface area is 78.6 Å². The lowest BCUT2D eigenvalue weighted by atomic mass is 10.1. The molecular weight excluding hydrogens is 164 g/mol. The van der Waals surface area contributed by atoms with E-state index < -0.39 is 6.10 Å². The Morgan fingerprint density at radius 2 is 2.38 bits per heavy atom. The maximum Gasteiger partial charge on any atom is 0.0960 e. The van der Waals surface area contributed by atoms with Gasteiger partial charge in [-0.1, -0.05) is 0 Å². The summed E-state index contributed by atoms with van der Waals surface area (Å²) in [7, 11) is 0. The molecule has 1 aromatic heterocycles. The van der Waals surface area contributed by atoms with Gasteiger partial charge >= 0.3 is 0 Å². The molecule has 0 amide bonds. The summed E-state index contributed by atoms with van der Waals surface area (Å²) < 4.78 is 0. The molecule has 3 heteroatoms. The Kier molecular flexibility index (Phi) is 3.86. The van der Waals surface area contributed by atoms with Crippen LogP contribution in [0.5, 0.6) is 0 Å². The molecule has 3 N–H and O–H groups in total. The smallest absolute Gasteiger partial charge is 0.0960 e. The molecule has 0 saturated carbocycles. The summed E-state index contributed by atoms with van der Waals surface area (Å²) in [5.41, 5.74) is 7.22. The molecule has 0 spiro atoms. The molecule has 0 fully saturated rings. The Morgan fingerprint density at radius 1 is 1.62 bits per heavy atom. The molecule has 13 heavy (non-hydrogen) atoms. The van der Waals surface area contributed by atoms with Gasteiger partial charge in [-0.25, -0.2) is 0 Å². The monoisotopic (exact) mass is 180 g/mol. The van der Waals surface area contributed by atoms with Gasteiger partial charge in [-0.15, -0.1) is 0 Å². The van der Waals surface area contributed by atoms with Gasteiger partial charge in [-0.2, -0.15) is 0 Å². The first kappa shape index (κ1) is 10.2. The van der Waals surface area contributed by atoms with Gasteiger partial charge in [-0.05, 0) is 44.0 Å². The van der Waals surface area contributed by atoms with E-state index in [2.05, 4.69) is 4.98 Å². The van der Waals surface area contributed by atoms with E-state index in [9.17, 15) is 5.11 Å². The predicted molar refractivity (Wildman–Crippen MR) is 52.2 cm³/mol. The molecule has 0 aliphatic rings. The molecule has 1 aromatic rings. The van der Waals surface area contributed by atoms with Gasteiger partial charge in [0.25, 0.3) is 0 Å². The van der Waals surface area contributed by atoms with Crippen molar-refractivity contribution in [2.45, 2.75) is 25.9 Å². The van der Waals surface area contributed by atoms with Crippen molar-refractivity contribution in [3.8, 4) is 0 Å². The van der Waals surface area contributed by atoms with Crippen LogP contribution in [0.1, 0.15) is 30.2 Å². The van der Waals surface area contributed by atoms with Crippen molar-refractivity contribution in [2.24, 2.45) is 5.73 Å². The first-order valence-electron chi connectivity index (χ1n) is 4.54. The van der Waals surface area contributed by atoms with Crippen molar-refractivity contribution < 1.29 is 5.11 Å². The Balaban J connectivity index is 2.60. The number of aliphatic hydroxyl groups excluding tert-OH is 1. The third-order valence-electron chi connectivity index (χ3n) is 1.96. The normalized spacial score (nSPS) is 12.8. The second-order valence-corrected chi connectivity index (χ2v) is 3.20. The van der Waals surface area contributed by atoms with Crippen LogP contribution in [-0.4, -0.2) is 16.6 Å². The summed E-state index contributed by atoms with van der Waals surface area (Å²) in [4.78, 5) is 4.10. The molecule has 0 bridgehead atoms. The molecule has 0 aromatic carbocycles. The van der Waals surface area contributed by atoms with E-state index in [4.69, 9.17) is 5.73 Å². The lowest BCUT2D eigenvalue weighted by molar-refractivity contribution is 0.160. The maximum atomic E-state index is 9.66. The van der Waals surface area contributed by atoms with Gasteiger partial charge < -0.3 is 10.8 Å². The fourth-order valence-corrected chi connectivity index (χ4v) is 1.20. The lowest BCUT2D eigenvalue weighted by Crippen LogP contribution is -2.05. The highest BCUT2D eigenvalue weighted by molar-refractivity contribution is 5.15. The van der Waals surface area contributed by atoms with Gasteiger partial charge in [0.2, 0.25) is 0 Å². The molecular formula is C10H16N2O. The number of aromatic nitrogens is 1. The van der Waals surface area contributed by atoms with Crippen LogP contribution in [0.4, 0.5) is 0 Å². The molecule has 0 radical (unpaired) electrons. The quantitative estimate of drug-likeness (QED) is 0.731.